The molecule has 0 bridgehead atoms. The van der Waals surface area contributed by atoms with Gasteiger partial charge in [-0.1, -0.05) is 0 Å². The van der Waals surface area contributed by atoms with E-state index in [9.17, 15) is 0 Å². The molecule has 17 heavy (non-hydrogen) atoms. The molecule has 2 nitrogen and oxygen atoms in total. The molecule has 90 valence electrons. The van der Waals surface area contributed by atoms with Gasteiger partial charge in [-0.05, 0) is 40.6 Å². The molecule has 0 aliphatic carbocycles. The zero-order valence-corrected chi connectivity index (χ0v) is 11.1. The summed E-state index contributed by atoms with van der Waals surface area (Å²) in [4.78, 5) is 0. The highest BCUT2D eigenvalue weighted by Crippen LogP contribution is 2.26. The van der Waals surface area contributed by atoms with Crippen LogP contribution in [0.5, 0.6) is 11.5 Å². The summed E-state index contributed by atoms with van der Waals surface area (Å²) in [5, 5.41) is 4.11. The van der Waals surface area contributed by atoms with Crippen molar-refractivity contribution < 1.29 is 9.47 Å². The Hall–Kier alpha value is -1.19. The lowest BCUT2D eigenvalue weighted by molar-refractivity contribution is 0.303. The third-order valence-electron chi connectivity index (χ3n) is 2.39. The summed E-state index contributed by atoms with van der Waals surface area (Å²) >= 11 is 7.55. The van der Waals surface area contributed by atoms with Crippen molar-refractivity contribution in [1.82, 2.24) is 0 Å². The van der Waals surface area contributed by atoms with Crippen LogP contribution < -0.4 is 9.47 Å². The van der Waals surface area contributed by atoms with Gasteiger partial charge < -0.3 is 9.47 Å². The van der Waals surface area contributed by atoms with E-state index in [1.807, 2.05) is 23.6 Å². The molecular formula is C13H13ClO2S. The van der Waals surface area contributed by atoms with Gasteiger partial charge in [-0.25, -0.2) is 0 Å². The summed E-state index contributed by atoms with van der Waals surface area (Å²) in [6.07, 6.45) is 0. The molecule has 0 fully saturated rings. The highest BCUT2D eigenvalue weighted by Gasteiger charge is 2.05. The smallest absolute Gasteiger partial charge is 0.124 e. The Bertz CT molecular complexity index is 468. The normalized spacial score (nSPS) is 10.2. The summed E-state index contributed by atoms with van der Waals surface area (Å²) < 4.78 is 10.9. The number of benzene rings is 1. The Balaban J connectivity index is 2.09. The molecular weight excluding hydrogens is 256 g/mol. The van der Waals surface area contributed by atoms with Gasteiger partial charge in [-0.3, -0.25) is 0 Å². The maximum absolute atomic E-state index is 5.89. The quantitative estimate of drug-likeness (QED) is 0.761. The first-order valence-electron chi connectivity index (χ1n) is 5.20. The molecule has 0 amide bonds. The third kappa shape index (κ3) is 3.14. The van der Waals surface area contributed by atoms with Crippen LogP contribution in [0.3, 0.4) is 0 Å². The van der Waals surface area contributed by atoms with Gasteiger partial charge in [-0.15, -0.1) is 11.6 Å². The fourth-order valence-corrected chi connectivity index (χ4v) is 2.33. The highest BCUT2D eigenvalue weighted by atomic mass is 35.5. The molecule has 0 atom stereocenters. The fourth-order valence-electron chi connectivity index (χ4n) is 1.46. The summed E-state index contributed by atoms with van der Waals surface area (Å²) in [6.45, 7) is 0.569. The summed E-state index contributed by atoms with van der Waals surface area (Å²) in [7, 11) is 1.64. The monoisotopic (exact) mass is 268 g/mol. The van der Waals surface area contributed by atoms with Gasteiger partial charge in [0.25, 0.3) is 0 Å². The second-order valence-corrected chi connectivity index (χ2v) is 4.57. The second kappa shape index (κ2) is 5.94. The van der Waals surface area contributed by atoms with Crippen LogP contribution in [0.2, 0.25) is 0 Å². The minimum atomic E-state index is 0.413. The van der Waals surface area contributed by atoms with Crippen LogP contribution in [-0.2, 0) is 12.5 Å². The van der Waals surface area contributed by atoms with Crippen molar-refractivity contribution in [3.63, 3.8) is 0 Å². The van der Waals surface area contributed by atoms with E-state index in [4.69, 9.17) is 21.1 Å². The number of methoxy groups -OCH3 is 1. The molecule has 2 aromatic rings. The molecule has 0 aliphatic rings. The van der Waals surface area contributed by atoms with Crippen molar-refractivity contribution in [1.29, 1.82) is 0 Å². The molecule has 0 N–H and O–H groups in total. The van der Waals surface area contributed by atoms with Gasteiger partial charge in [0.2, 0.25) is 0 Å². The molecule has 4 heteroatoms. The van der Waals surface area contributed by atoms with Crippen molar-refractivity contribution in [2.45, 2.75) is 12.5 Å². The zero-order valence-electron chi connectivity index (χ0n) is 9.48. The lowest BCUT2D eigenvalue weighted by atomic mass is 10.2. The van der Waals surface area contributed by atoms with Gasteiger partial charge in [-0.2, -0.15) is 11.3 Å². The number of ether oxygens (including phenoxy) is 2. The Morgan fingerprint density at radius 2 is 2.18 bits per heavy atom. The molecule has 1 heterocycles. The van der Waals surface area contributed by atoms with Crippen LogP contribution in [0.1, 0.15) is 11.1 Å². The number of hydrogen-bond acceptors (Lipinski definition) is 3. The topological polar surface area (TPSA) is 18.5 Å². The van der Waals surface area contributed by atoms with Crippen molar-refractivity contribution in [3.05, 3.63) is 46.2 Å². The SMILES string of the molecule is COc1ccc(OCc2ccsc2)c(CCl)c1. The second-order valence-electron chi connectivity index (χ2n) is 3.53. The first-order chi connectivity index (χ1) is 8.33. The van der Waals surface area contributed by atoms with Crippen LogP contribution in [0.15, 0.2) is 35.0 Å². The van der Waals surface area contributed by atoms with Gasteiger partial charge in [0.15, 0.2) is 0 Å². The molecule has 0 unspecified atom stereocenters. The van der Waals surface area contributed by atoms with E-state index in [-0.39, 0.29) is 0 Å². The minimum absolute atomic E-state index is 0.413. The van der Waals surface area contributed by atoms with Gasteiger partial charge in [0.05, 0.1) is 13.0 Å². The van der Waals surface area contributed by atoms with E-state index >= 15 is 0 Å². The predicted octanol–water partition coefficient (Wildman–Crippen LogP) is 4.07. The van der Waals surface area contributed by atoms with Crippen LogP contribution in [0, 0.1) is 0 Å². The van der Waals surface area contributed by atoms with Crippen LogP contribution in [0.25, 0.3) is 0 Å². The molecule has 0 saturated carbocycles. The number of thiophene rings is 1. The van der Waals surface area contributed by atoms with Crippen molar-refractivity contribution >= 4 is 22.9 Å². The van der Waals surface area contributed by atoms with Crippen molar-refractivity contribution in [3.8, 4) is 11.5 Å². The summed E-state index contributed by atoms with van der Waals surface area (Å²) in [5.41, 5.74) is 2.12. The lowest BCUT2D eigenvalue weighted by Crippen LogP contribution is -1.97. The molecule has 1 aromatic heterocycles. The highest BCUT2D eigenvalue weighted by molar-refractivity contribution is 7.07. The molecule has 0 saturated heterocycles. The Morgan fingerprint density at radius 1 is 1.29 bits per heavy atom. The number of halogens is 1. The average Bonchev–Trinajstić information content (AvgIpc) is 2.89. The maximum atomic E-state index is 5.89. The van der Waals surface area contributed by atoms with Crippen LogP contribution in [-0.4, -0.2) is 7.11 Å². The zero-order chi connectivity index (χ0) is 12.1. The molecule has 0 spiro atoms. The Kier molecular flexibility index (Phi) is 4.29. The van der Waals surface area contributed by atoms with Crippen molar-refractivity contribution in [2.24, 2.45) is 0 Å². The van der Waals surface area contributed by atoms with E-state index in [2.05, 4.69) is 11.4 Å². The van der Waals surface area contributed by atoms with E-state index in [0.29, 0.717) is 12.5 Å². The molecule has 0 aliphatic heterocycles. The van der Waals surface area contributed by atoms with E-state index in [0.717, 1.165) is 17.1 Å². The molecule has 0 radical (unpaired) electrons. The largest absolute Gasteiger partial charge is 0.497 e. The van der Waals surface area contributed by atoms with Gasteiger partial charge in [0, 0.05) is 5.56 Å². The lowest BCUT2D eigenvalue weighted by Gasteiger charge is -2.10. The number of alkyl halides is 1. The minimum Gasteiger partial charge on any atom is -0.497 e. The standard InChI is InChI=1S/C13H13ClO2S/c1-15-12-2-3-13(11(6-12)7-14)16-8-10-4-5-17-9-10/h2-6,9H,7-8H2,1H3. The van der Waals surface area contributed by atoms with Crippen LogP contribution >= 0.6 is 22.9 Å². The van der Waals surface area contributed by atoms with Crippen molar-refractivity contribution in [2.75, 3.05) is 7.11 Å². The fraction of sp³-hybridized carbons (Fsp3) is 0.231. The summed E-state index contributed by atoms with van der Waals surface area (Å²) in [6, 6.07) is 7.71. The maximum Gasteiger partial charge on any atom is 0.124 e. The predicted molar refractivity (Wildman–Crippen MR) is 71.2 cm³/mol. The Morgan fingerprint density at radius 3 is 2.82 bits per heavy atom. The third-order valence-corrected chi connectivity index (χ3v) is 3.41. The van der Waals surface area contributed by atoms with E-state index in [1.54, 1.807) is 18.4 Å². The Labute approximate surface area is 110 Å². The number of rotatable bonds is 5. The van der Waals surface area contributed by atoms with E-state index < -0.39 is 0 Å². The molecule has 1 aromatic carbocycles. The van der Waals surface area contributed by atoms with Gasteiger partial charge >= 0.3 is 0 Å². The first kappa shape index (κ1) is 12.3. The van der Waals surface area contributed by atoms with Crippen LogP contribution in [0.4, 0.5) is 0 Å². The molecule has 2 rings (SSSR count). The first-order valence-corrected chi connectivity index (χ1v) is 6.68. The number of hydrogen-bond donors (Lipinski definition) is 0. The summed E-state index contributed by atoms with van der Waals surface area (Å²) in [5.74, 6) is 2.02. The van der Waals surface area contributed by atoms with Gasteiger partial charge in [0.1, 0.15) is 18.1 Å². The average molecular weight is 269 g/mol. The van der Waals surface area contributed by atoms with E-state index in [1.165, 1.54) is 5.56 Å².